The van der Waals surface area contributed by atoms with Gasteiger partial charge in [-0.25, -0.2) is 0 Å². The van der Waals surface area contributed by atoms with Crippen molar-refractivity contribution in [3.63, 3.8) is 0 Å². The molecule has 0 aromatic carbocycles. The molecule has 0 fully saturated rings. The zero-order chi connectivity index (χ0) is 10.1. The van der Waals surface area contributed by atoms with Gasteiger partial charge in [-0.2, -0.15) is 0 Å². The molecule has 1 amide bonds. The Balaban J connectivity index is 3.85. The highest BCUT2D eigenvalue weighted by molar-refractivity contribution is 5.87. The highest BCUT2D eigenvalue weighted by Gasteiger charge is 2.05. The van der Waals surface area contributed by atoms with Crippen LogP contribution in [0.5, 0.6) is 0 Å². The lowest BCUT2D eigenvalue weighted by atomic mass is 10.2. The molecule has 0 unspecified atom stereocenters. The van der Waals surface area contributed by atoms with Crippen LogP contribution in [0.25, 0.3) is 0 Å². The predicted octanol–water partition coefficient (Wildman–Crippen LogP) is 1.01. The molecule has 0 aromatic rings. The van der Waals surface area contributed by atoms with Crippen LogP contribution < -0.4 is 5.32 Å². The third-order valence-electron chi connectivity index (χ3n) is 1.61. The number of aliphatic hydroxyl groups is 1. The fourth-order valence-electron chi connectivity index (χ4n) is 0.780. The first-order valence-electron chi connectivity index (χ1n) is 4.45. The van der Waals surface area contributed by atoms with Gasteiger partial charge in [-0.1, -0.05) is 25.2 Å². The van der Waals surface area contributed by atoms with Crippen LogP contribution in [0.1, 0.15) is 20.3 Å². The highest BCUT2D eigenvalue weighted by Crippen LogP contribution is 1.89. The lowest BCUT2D eigenvalue weighted by Crippen LogP contribution is -2.35. The van der Waals surface area contributed by atoms with Crippen molar-refractivity contribution < 1.29 is 9.90 Å². The molecule has 3 nitrogen and oxygen atoms in total. The van der Waals surface area contributed by atoms with Crippen LogP contribution >= 0.6 is 0 Å². The largest absolute Gasteiger partial charge is 0.394 e. The maximum atomic E-state index is 11.1. The van der Waals surface area contributed by atoms with E-state index < -0.39 is 0 Å². The SMILES string of the molecule is CC=C/C=C/C(=O)N[C@H](CC)CO. The molecule has 0 aliphatic carbocycles. The summed E-state index contributed by atoms with van der Waals surface area (Å²) in [6, 6.07) is -0.136. The van der Waals surface area contributed by atoms with Crippen LogP contribution in [0, 0.1) is 0 Å². The van der Waals surface area contributed by atoms with Crippen LogP contribution in [0.15, 0.2) is 24.3 Å². The van der Waals surface area contributed by atoms with Crippen molar-refractivity contribution in [2.45, 2.75) is 26.3 Å². The topological polar surface area (TPSA) is 49.3 Å². The summed E-state index contributed by atoms with van der Waals surface area (Å²) in [7, 11) is 0. The van der Waals surface area contributed by atoms with E-state index in [1.165, 1.54) is 6.08 Å². The third-order valence-corrected chi connectivity index (χ3v) is 1.61. The first-order valence-corrected chi connectivity index (χ1v) is 4.45. The van der Waals surface area contributed by atoms with Crippen molar-refractivity contribution in [2.24, 2.45) is 0 Å². The molecule has 1 atom stereocenters. The second-order valence-electron chi connectivity index (χ2n) is 2.68. The Labute approximate surface area is 79.2 Å². The number of hydrogen-bond acceptors (Lipinski definition) is 2. The first-order chi connectivity index (χ1) is 6.24. The molecule has 0 aliphatic rings. The second-order valence-corrected chi connectivity index (χ2v) is 2.68. The molecule has 3 heteroatoms. The summed E-state index contributed by atoms with van der Waals surface area (Å²) in [5, 5.41) is 11.5. The number of hydrogen-bond donors (Lipinski definition) is 2. The van der Waals surface area contributed by atoms with E-state index in [0.717, 1.165) is 6.42 Å². The molecule has 0 aromatic heterocycles. The van der Waals surface area contributed by atoms with Gasteiger partial charge in [0.1, 0.15) is 0 Å². The van der Waals surface area contributed by atoms with Crippen LogP contribution in [0.4, 0.5) is 0 Å². The Morgan fingerprint density at radius 2 is 2.23 bits per heavy atom. The smallest absolute Gasteiger partial charge is 0.244 e. The van der Waals surface area contributed by atoms with Gasteiger partial charge in [-0.15, -0.1) is 0 Å². The van der Waals surface area contributed by atoms with Crippen LogP contribution in [-0.2, 0) is 4.79 Å². The molecule has 0 rings (SSSR count). The van der Waals surface area contributed by atoms with Gasteiger partial charge in [0.25, 0.3) is 0 Å². The van der Waals surface area contributed by atoms with Gasteiger partial charge in [0, 0.05) is 6.08 Å². The Hall–Kier alpha value is -1.09. The van der Waals surface area contributed by atoms with E-state index in [1.807, 2.05) is 19.9 Å². The minimum Gasteiger partial charge on any atom is -0.394 e. The van der Waals surface area contributed by atoms with Crippen molar-refractivity contribution in [1.29, 1.82) is 0 Å². The monoisotopic (exact) mass is 183 g/mol. The Kier molecular flexibility index (Phi) is 6.92. The van der Waals surface area contributed by atoms with E-state index >= 15 is 0 Å². The van der Waals surface area contributed by atoms with E-state index in [4.69, 9.17) is 5.11 Å². The molecule has 0 aliphatic heterocycles. The van der Waals surface area contributed by atoms with Gasteiger partial charge in [0.15, 0.2) is 0 Å². The molecule has 0 radical (unpaired) electrons. The molecule has 0 spiro atoms. The van der Waals surface area contributed by atoms with Crippen LogP contribution in [-0.4, -0.2) is 23.7 Å². The molecule has 0 heterocycles. The van der Waals surface area contributed by atoms with E-state index in [9.17, 15) is 4.79 Å². The number of aliphatic hydroxyl groups excluding tert-OH is 1. The summed E-state index contributed by atoms with van der Waals surface area (Å²) in [5.74, 6) is -0.168. The van der Waals surface area contributed by atoms with Gasteiger partial charge in [-0.3, -0.25) is 4.79 Å². The highest BCUT2D eigenvalue weighted by atomic mass is 16.3. The van der Waals surface area contributed by atoms with Gasteiger partial charge in [0.2, 0.25) is 5.91 Å². The van der Waals surface area contributed by atoms with Crippen molar-refractivity contribution in [3.8, 4) is 0 Å². The van der Waals surface area contributed by atoms with Crippen LogP contribution in [0.3, 0.4) is 0 Å². The zero-order valence-corrected chi connectivity index (χ0v) is 8.16. The average molecular weight is 183 g/mol. The molecular formula is C10H17NO2. The molecular weight excluding hydrogens is 166 g/mol. The minimum atomic E-state index is -0.168. The van der Waals surface area contributed by atoms with Gasteiger partial charge >= 0.3 is 0 Å². The molecule has 13 heavy (non-hydrogen) atoms. The third kappa shape index (κ3) is 6.11. The summed E-state index contributed by atoms with van der Waals surface area (Å²) in [4.78, 5) is 11.1. The fraction of sp³-hybridized carbons (Fsp3) is 0.500. The van der Waals surface area contributed by atoms with Crippen LogP contribution in [0.2, 0.25) is 0 Å². The zero-order valence-electron chi connectivity index (χ0n) is 8.16. The van der Waals surface area contributed by atoms with E-state index in [-0.39, 0.29) is 18.6 Å². The average Bonchev–Trinajstić information content (AvgIpc) is 2.14. The number of allylic oxidation sites excluding steroid dienone is 3. The van der Waals surface area contributed by atoms with Crippen molar-refractivity contribution in [3.05, 3.63) is 24.3 Å². The number of nitrogens with one attached hydrogen (secondary N) is 1. The van der Waals surface area contributed by atoms with Crippen molar-refractivity contribution >= 4 is 5.91 Å². The molecule has 2 N–H and O–H groups in total. The summed E-state index contributed by atoms with van der Waals surface area (Å²) in [6.07, 6.45) is 7.46. The van der Waals surface area contributed by atoms with Crippen molar-refractivity contribution in [2.75, 3.05) is 6.61 Å². The Morgan fingerprint density at radius 1 is 1.54 bits per heavy atom. The molecule has 74 valence electrons. The Bertz CT molecular complexity index is 193. The standard InChI is InChI=1S/C10H17NO2/c1-3-5-6-7-10(13)11-9(4-2)8-12/h3,5-7,9,12H,4,8H2,1-2H3,(H,11,13)/b5-3?,7-6+/t9-/m1/s1. The van der Waals surface area contributed by atoms with Gasteiger partial charge in [-0.05, 0) is 13.3 Å². The lowest BCUT2D eigenvalue weighted by Gasteiger charge is -2.11. The quantitative estimate of drug-likeness (QED) is 0.493. The molecule has 0 saturated carbocycles. The van der Waals surface area contributed by atoms with E-state index in [0.29, 0.717) is 0 Å². The summed E-state index contributed by atoms with van der Waals surface area (Å²) in [5.41, 5.74) is 0. The maximum Gasteiger partial charge on any atom is 0.244 e. The second kappa shape index (κ2) is 7.55. The lowest BCUT2D eigenvalue weighted by molar-refractivity contribution is -0.117. The van der Waals surface area contributed by atoms with Crippen molar-refractivity contribution in [1.82, 2.24) is 5.32 Å². The maximum absolute atomic E-state index is 11.1. The van der Waals surface area contributed by atoms with Gasteiger partial charge < -0.3 is 10.4 Å². The first kappa shape index (κ1) is 11.9. The number of carbonyl (C=O) groups excluding carboxylic acids is 1. The number of rotatable bonds is 5. The number of carbonyl (C=O) groups is 1. The normalized spacial score (nSPS) is 13.8. The predicted molar refractivity (Wildman–Crippen MR) is 53.3 cm³/mol. The number of amides is 1. The molecule has 0 saturated heterocycles. The molecule has 0 bridgehead atoms. The summed E-state index contributed by atoms with van der Waals surface area (Å²) >= 11 is 0. The van der Waals surface area contributed by atoms with E-state index in [2.05, 4.69) is 5.32 Å². The van der Waals surface area contributed by atoms with E-state index in [1.54, 1.807) is 12.2 Å². The Morgan fingerprint density at radius 3 is 2.69 bits per heavy atom. The fourth-order valence-corrected chi connectivity index (χ4v) is 0.780. The summed E-state index contributed by atoms with van der Waals surface area (Å²) < 4.78 is 0. The summed E-state index contributed by atoms with van der Waals surface area (Å²) in [6.45, 7) is 3.78. The van der Waals surface area contributed by atoms with Gasteiger partial charge in [0.05, 0.1) is 12.6 Å². The minimum absolute atomic E-state index is 0.0142.